The number of allylic oxidation sites excluding steroid dienone is 2. The molecular formula is C23H37NO3. The second-order valence-electron chi connectivity index (χ2n) is 8.32. The minimum absolute atomic E-state index is 0.269. The van der Waals surface area contributed by atoms with E-state index in [9.17, 15) is 4.79 Å². The molecule has 27 heavy (non-hydrogen) atoms. The van der Waals surface area contributed by atoms with Gasteiger partial charge in [0.15, 0.2) is 11.5 Å². The van der Waals surface area contributed by atoms with Crippen LogP contribution in [0.5, 0.6) is 11.5 Å². The Morgan fingerprint density at radius 2 is 1.89 bits per heavy atom. The molecule has 0 aliphatic rings. The maximum atomic E-state index is 12.1. The molecule has 152 valence electrons. The molecule has 0 aromatic heterocycles. The fraction of sp³-hybridized carbons (Fsp3) is 0.609. The monoisotopic (exact) mass is 375 g/mol. The summed E-state index contributed by atoms with van der Waals surface area (Å²) in [5.41, 5.74) is 0.567. The number of methoxy groups -OCH3 is 1. The molecule has 0 fully saturated rings. The first kappa shape index (κ1) is 23.2. The van der Waals surface area contributed by atoms with E-state index in [0.717, 1.165) is 18.7 Å². The van der Waals surface area contributed by atoms with Gasteiger partial charge in [0.2, 0.25) is 0 Å². The number of carbonyl (C=O) groups excluding carboxylic acids is 1. The first-order valence-corrected chi connectivity index (χ1v) is 10.0. The van der Waals surface area contributed by atoms with Crippen LogP contribution in [0, 0.1) is 11.3 Å². The van der Waals surface area contributed by atoms with Gasteiger partial charge in [0.1, 0.15) is 0 Å². The van der Waals surface area contributed by atoms with Gasteiger partial charge in [-0.05, 0) is 70.2 Å². The van der Waals surface area contributed by atoms with Gasteiger partial charge < -0.3 is 14.8 Å². The molecular weight excluding hydrogens is 338 g/mol. The Morgan fingerprint density at radius 1 is 1.15 bits per heavy atom. The quantitative estimate of drug-likeness (QED) is 0.240. The number of esters is 1. The standard InChI is InChI=1S/C23H37NO3/c1-18(2)12-10-8-7-9-11-15-24-17-19-13-14-20(21(16-19)26-6)27-22(25)23(3,4)5/h10,12-14,16,18,24H,7-9,11,15,17H2,1-6H3/b12-10+. The number of unbranched alkanes of at least 4 members (excludes halogenated alkanes) is 3. The van der Waals surface area contributed by atoms with E-state index in [0.29, 0.717) is 17.4 Å². The number of hydrogen-bond acceptors (Lipinski definition) is 4. The molecule has 1 N–H and O–H groups in total. The van der Waals surface area contributed by atoms with Crippen molar-refractivity contribution in [3.8, 4) is 11.5 Å². The highest BCUT2D eigenvalue weighted by molar-refractivity contribution is 5.78. The molecule has 0 saturated carbocycles. The fourth-order valence-electron chi connectivity index (χ4n) is 2.45. The van der Waals surface area contributed by atoms with Gasteiger partial charge in [-0.2, -0.15) is 0 Å². The van der Waals surface area contributed by atoms with Crippen LogP contribution in [-0.4, -0.2) is 19.6 Å². The van der Waals surface area contributed by atoms with E-state index in [2.05, 4.69) is 31.3 Å². The summed E-state index contributed by atoms with van der Waals surface area (Å²) in [6.07, 6.45) is 9.39. The van der Waals surface area contributed by atoms with Gasteiger partial charge in [-0.25, -0.2) is 0 Å². The zero-order chi connectivity index (χ0) is 20.3. The van der Waals surface area contributed by atoms with Crippen molar-refractivity contribution in [1.29, 1.82) is 0 Å². The van der Waals surface area contributed by atoms with E-state index in [-0.39, 0.29) is 5.97 Å². The number of nitrogens with one attached hydrogen (secondary N) is 1. The van der Waals surface area contributed by atoms with E-state index >= 15 is 0 Å². The highest BCUT2D eigenvalue weighted by Crippen LogP contribution is 2.30. The third kappa shape index (κ3) is 9.62. The molecule has 0 aliphatic carbocycles. The summed E-state index contributed by atoms with van der Waals surface area (Å²) in [7, 11) is 1.59. The van der Waals surface area contributed by atoms with Crippen LogP contribution >= 0.6 is 0 Å². The zero-order valence-electron chi connectivity index (χ0n) is 17.9. The normalized spacial score (nSPS) is 12.0. The summed E-state index contributed by atoms with van der Waals surface area (Å²) in [5.74, 6) is 1.43. The van der Waals surface area contributed by atoms with Crippen LogP contribution in [0.3, 0.4) is 0 Å². The molecule has 0 heterocycles. The fourth-order valence-corrected chi connectivity index (χ4v) is 2.45. The van der Waals surface area contributed by atoms with E-state index in [1.807, 2.05) is 32.9 Å². The van der Waals surface area contributed by atoms with Gasteiger partial charge in [0.25, 0.3) is 0 Å². The van der Waals surface area contributed by atoms with Crippen molar-refractivity contribution in [2.75, 3.05) is 13.7 Å². The lowest BCUT2D eigenvalue weighted by Crippen LogP contribution is -2.25. The first-order chi connectivity index (χ1) is 12.7. The van der Waals surface area contributed by atoms with Crippen LogP contribution in [0.25, 0.3) is 0 Å². The molecule has 0 unspecified atom stereocenters. The van der Waals surface area contributed by atoms with E-state index in [1.165, 1.54) is 25.7 Å². The summed E-state index contributed by atoms with van der Waals surface area (Å²) in [5, 5.41) is 3.47. The van der Waals surface area contributed by atoms with Gasteiger partial charge in [0, 0.05) is 6.54 Å². The third-order valence-corrected chi connectivity index (χ3v) is 4.12. The highest BCUT2D eigenvalue weighted by Gasteiger charge is 2.24. The summed E-state index contributed by atoms with van der Waals surface area (Å²) >= 11 is 0. The number of benzene rings is 1. The first-order valence-electron chi connectivity index (χ1n) is 10.0. The van der Waals surface area contributed by atoms with Gasteiger partial charge in [-0.15, -0.1) is 0 Å². The molecule has 1 aromatic carbocycles. The SMILES string of the molecule is COc1cc(CNCCCCC/C=C/C(C)C)ccc1OC(=O)C(C)(C)C. The van der Waals surface area contributed by atoms with Gasteiger partial charge in [-0.1, -0.05) is 38.5 Å². The lowest BCUT2D eigenvalue weighted by molar-refractivity contribution is -0.143. The topological polar surface area (TPSA) is 47.6 Å². The van der Waals surface area contributed by atoms with Crippen LogP contribution in [0.15, 0.2) is 30.4 Å². The minimum Gasteiger partial charge on any atom is -0.493 e. The minimum atomic E-state index is -0.546. The Hall–Kier alpha value is -1.81. The van der Waals surface area contributed by atoms with E-state index in [1.54, 1.807) is 13.2 Å². The second kappa shape index (κ2) is 11.8. The van der Waals surface area contributed by atoms with Crippen molar-refractivity contribution in [3.63, 3.8) is 0 Å². The lowest BCUT2D eigenvalue weighted by Gasteiger charge is -2.18. The van der Waals surface area contributed by atoms with Crippen molar-refractivity contribution in [2.45, 2.75) is 66.8 Å². The largest absolute Gasteiger partial charge is 0.493 e. The maximum absolute atomic E-state index is 12.1. The zero-order valence-corrected chi connectivity index (χ0v) is 17.9. The lowest BCUT2D eigenvalue weighted by atomic mass is 9.97. The van der Waals surface area contributed by atoms with Gasteiger partial charge >= 0.3 is 5.97 Å². The average molecular weight is 376 g/mol. The van der Waals surface area contributed by atoms with Crippen LogP contribution in [0.2, 0.25) is 0 Å². The smallest absolute Gasteiger partial charge is 0.316 e. The molecule has 0 spiro atoms. The molecule has 1 aromatic rings. The van der Waals surface area contributed by atoms with Crippen LogP contribution in [-0.2, 0) is 11.3 Å². The summed E-state index contributed by atoms with van der Waals surface area (Å²) < 4.78 is 10.9. The average Bonchev–Trinajstić information content (AvgIpc) is 2.60. The Labute approximate surface area is 165 Å². The van der Waals surface area contributed by atoms with E-state index in [4.69, 9.17) is 9.47 Å². The predicted octanol–water partition coefficient (Wildman–Crippen LogP) is 5.51. The van der Waals surface area contributed by atoms with Gasteiger partial charge in [-0.3, -0.25) is 4.79 Å². The summed E-state index contributed by atoms with van der Waals surface area (Å²) in [4.78, 5) is 12.1. The van der Waals surface area contributed by atoms with Crippen LogP contribution < -0.4 is 14.8 Å². The molecule has 0 radical (unpaired) electrons. The predicted molar refractivity (Wildman–Crippen MR) is 112 cm³/mol. The number of ether oxygens (including phenoxy) is 2. The molecule has 0 aliphatic heterocycles. The molecule has 0 atom stereocenters. The van der Waals surface area contributed by atoms with E-state index < -0.39 is 5.41 Å². The molecule has 4 nitrogen and oxygen atoms in total. The Bertz CT molecular complexity index is 600. The van der Waals surface area contributed by atoms with Gasteiger partial charge in [0.05, 0.1) is 12.5 Å². The Balaban J connectivity index is 2.37. The van der Waals surface area contributed by atoms with Crippen molar-refractivity contribution in [2.24, 2.45) is 11.3 Å². The number of rotatable bonds is 11. The molecule has 0 amide bonds. The van der Waals surface area contributed by atoms with Crippen LogP contribution in [0.1, 0.15) is 65.9 Å². The molecule has 0 saturated heterocycles. The second-order valence-corrected chi connectivity index (χ2v) is 8.32. The summed E-state index contributed by atoms with van der Waals surface area (Å²) in [6.45, 7) is 11.7. The third-order valence-electron chi connectivity index (χ3n) is 4.12. The number of carbonyl (C=O) groups is 1. The molecule has 4 heteroatoms. The van der Waals surface area contributed by atoms with Crippen molar-refractivity contribution >= 4 is 5.97 Å². The highest BCUT2D eigenvalue weighted by atomic mass is 16.6. The summed E-state index contributed by atoms with van der Waals surface area (Å²) in [6, 6.07) is 5.70. The number of hydrogen-bond donors (Lipinski definition) is 1. The van der Waals surface area contributed by atoms with Crippen molar-refractivity contribution < 1.29 is 14.3 Å². The Morgan fingerprint density at radius 3 is 2.52 bits per heavy atom. The van der Waals surface area contributed by atoms with Crippen LogP contribution in [0.4, 0.5) is 0 Å². The molecule has 0 bridgehead atoms. The Kier molecular flexibility index (Phi) is 10.2. The van der Waals surface area contributed by atoms with Crippen molar-refractivity contribution in [3.05, 3.63) is 35.9 Å². The molecule has 1 rings (SSSR count). The maximum Gasteiger partial charge on any atom is 0.316 e. The van der Waals surface area contributed by atoms with Crippen molar-refractivity contribution in [1.82, 2.24) is 5.32 Å².